The fourth-order valence-corrected chi connectivity index (χ4v) is 3.34. The van der Waals surface area contributed by atoms with Crippen LogP contribution in [0.4, 0.5) is 10.5 Å². The number of carbonyl (C=O) groups excluding carboxylic acids is 4. The molecule has 9 heteroatoms. The number of para-hydroxylation sites is 1. The number of rotatable bonds is 7. The number of thioether (sulfide) groups is 1. The molecule has 3 N–H and O–H groups in total. The Balaban J connectivity index is 1.63. The maximum absolute atomic E-state index is 12.3. The molecule has 2 aromatic carbocycles. The molecule has 8 nitrogen and oxygen atoms in total. The van der Waals surface area contributed by atoms with Gasteiger partial charge in [0.2, 0.25) is 5.91 Å². The highest BCUT2D eigenvalue weighted by Gasteiger charge is 2.35. The highest BCUT2D eigenvalue weighted by Crippen LogP contribution is 2.32. The number of amides is 4. The summed E-state index contributed by atoms with van der Waals surface area (Å²) in [7, 11) is 0. The third kappa shape index (κ3) is 5.45. The van der Waals surface area contributed by atoms with Gasteiger partial charge < -0.3 is 15.8 Å². The van der Waals surface area contributed by atoms with Gasteiger partial charge >= 0.3 is 0 Å². The number of nitrogens with zero attached hydrogens (tertiary/aromatic N) is 1. The molecule has 148 valence electrons. The van der Waals surface area contributed by atoms with Gasteiger partial charge in [0, 0.05) is 5.69 Å². The summed E-state index contributed by atoms with van der Waals surface area (Å²) < 4.78 is 5.50. The Hall–Kier alpha value is -3.59. The molecule has 0 bridgehead atoms. The quantitative estimate of drug-likeness (QED) is 0.675. The number of hydrogen-bond acceptors (Lipinski definition) is 6. The summed E-state index contributed by atoms with van der Waals surface area (Å²) in [5, 5.41) is 2.16. The van der Waals surface area contributed by atoms with Crippen LogP contribution in [-0.2, 0) is 14.4 Å². The molecule has 4 amide bonds. The van der Waals surface area contributed by atoms with E-state index >= 15 is 0 Å². The molecule has 0 aliphatic carbocycles. The summed E-state index contributed by atoms with van der Waals surface area (Å²) in [6.45, 7) is -0.644. The van der Waals surface area contributed by atoms with Crippen LogP contribution in [0.25, 0.3) is 6.08 Å². The van der Waals surface area contributed by atoms with Gasteiger partial charge in [0.15, 0.2) is 6.61 Å². The van der Waals surface area contributed by atoms with Crippen LogP contribution in [0.5, 0.6) is 5.75 Å². The van der Waals surface area contributed by atoms with Crippen molar-refractivity contribution in [2.24, 2.45) is 5.73 Å². The van der Waals surface area contributed by atoms with Crippen molar-refractivity contribution in [3.63, 3.8) is 0 Å². The van der Waals surface area contributed by atoms with Crippen LogP contribution in [-0.4, -0.2) is 41.0 Å². The van der Waals surface area contributed by atoms with E-state index in [-0.39, 0.29) is 17.4 Å². The van der Waals surface area contributed by atoms with E-state index in [1.165, 1.54) is 6.08 Å². The number of hydrogen-bond donors (Lipinski definition) is 2. The molecular formula is C20H17N3O5S. The van der Waals surface area contributed by atoms with Crippen LogP contribution in [0.1, 0.15) is 5.56 Å². The van der Waals surface area contributed by atoms with Gasteiger partial charge in [0.1, 0.15) is 12.3 Å². The highest BCUT2D eigenvalue weighted by atomic mass is 32.2. The predicted octanol–water partition coefficient (Wildman–Crippen LogP) is 2.23. The molecule has 0 radical (unpaired) electrons. The number of anilines is 1. The number of imide groups is 1. The van der Waals surface area contributed by atoms with Crippen LogP contribution in [0.15, 0.2) is 59.5 Å². The maximum Gasteiger partial charge on any atom is 0.294 e. The predicted molar refractivity (Wildman–Crippen MR) is 109 cm³/mol. The average molecular weight is 411 g/mol. The molecule has 1 saturated heterocycles. The van der Waals surface area contributed by atoms with Gasteiger partial charge in [0.05, 0.1) is 4.91 Å². The summed E-state index contributed by atoms with van der Waals surface area (Å²) in [5.41, 5.74) is 6.33. The minimum atomic E-state index is -0.766. The highest BCUT2D eigenvalue weighted by molar-refractivity contribution is 8.18. The summed E-state index contributed by atoms with van der Waals surface area (Å²) in [6, 6.07) is 15.7. The summed E-state index contributed by atoms with van der Waals surface area (Å²) in [4.78, 5) is 48.1. The van der Waals surface area contributed by atoms with E-state index in [2.05, 4.69) is 5.32 Å². The fourth-order valence-electron chi connectivity index (χ4n) is 2.51. The Morgan fingerprint density at radius 3 is 2.59 bits per heavy atom. The van der Waals surface area contributed by atoms with Crippen molar-refractivity contribution in [3.05, 3.63) is 65.1 Å². The second-order valence-electron chi connectivity index (χ2n) is 6.01. The van der Waals surface area contributed by atoms with E-state index in [1.807, 2.05) is 18.2 Å². The first kappa shape index (κ1) is 20.2. The van der Waals surface area contributed by atoms with Crippen molar-refractivity contribution in [1.29, 1.82) is 0 Å². The van der Waals surface area contributed by atoms with E-state index in [4.69, 9.17) is 10.5 Å². The molecule has 0 saturated carbocycles. The third-order valence-corrected chi connectivity index (χ3v) is 4.68. The van der Waals surface area contributed by atoms with E-state index in [1.54, 1.807) is 36.4 Å². The normalized spacial score (nSPS) is 14.9. The van der Waals surface area contributed by atoms with E-state index in [9.17, 15) is 19.2 Å². The zero-order valence-electron chi connectivity index (χ0n) is 15.2. The number of nitrogens with two attached hydrogens (primary N) is 1. The molecule has 3 rings (SSSR count). The Morgan fingerprint density at radius 2 is 1.86 bits per heavy atom. The average Bonchev–Trinajstić information content (AvgIpc) is 2.94. The van der Waals surface area contributed by atoms with Gasteiger partial charge in [0.25, 0.3) is 17.1 Å². The minimum absolute atomic E-state index is 0.176. The number of primary amides is 1. The van der Waals surface area contributed by atoms with Crippen molar-refractivity contribution in [1.82, 2.24) is 4.90 Å². The Kier molecular flexibility index (Phi) is 6.30. The monoisotopic (exact) mass is 411 g/mol. The van der Waals surface area contributed by atoms with Crippen molar-refractivity contribution < 1.29 is 23.9 Å². The number of ether oxygens (including phenoxy) is 1. The van der Waals surface area contributed by atoms with Gasteiger partial charge in [-0.05, 0) is 47.7 Å². The molecule has 29 heavy (non-hydrogen) atoms. The summed E-state index contributed by atoms with van der Waals surface area (Å²) in [6.07, 6.45) is 1.52. The molecule has 1 aliphatic rings. The first-order valence-corrected chi connectivity index (χ1v) is 9.35. The van der Waals surface area contributed by atoms with E-state index < -0.39 is 23.6 Å². The number of nitrogens with one attached hydrogen (secondary N) is 1. The third-order valence-electron chi connectivity index (χ3n) is 3.77. The van der Waals surface area contributed by atoms with Crippen LogP contribution >= 0.6 is 11.8 Å². The maximum atomic E-state index is 12.3. The molecule has 0 spiro atoms. The number of carbonyl (C=O) groups is 4. The smallest absolute Gasteiger partial charge is 0.294 e. The van der Waals surface area contributed by atoms with Gasteiger partial charge in [-0.2, -0.15) is 0 Å². The van der Waals surface area contributed by atoms with Gasteiger partial charge in [-0.3, -0.25) is 24.1 Å². The fraction of sp³-hybridized carbons (Fsp3) is 0.100. The molecule has 1 heterocycles. The van der Waals surface area contributed by atoms with Gasteiger partial charge in [-0.15, -0.1) is 0 Å². The lowest BCUT2D eigenvalue weighted by Gasteiger charge is -2.09. The van der Waals surface area contributed by atoms with Crippen molar-refractivity contribution in [2.45, 2.75) is 0 Å². The molecule has 0 aromatic heterocycles. The molecular weight excluding hydrogens is 394 g/mol. The Labute approximate surface area is 170 Å². The second kappa shape index (κ2) is 9.07. The first-order valence-electron chi connectivity index (χ1n) is 8.54. The molecule has 0 unspecified atom stereocenters. The van der Waals surface area contributed by atoms with Crippen LogP contribution in [0.2, 0.25) is 0 Å². The first-order chi connectivity index (χ1) is 13.9. The van der Waals surface area contributed by atoms with Gasteiger partial charge in [-0.1, -0.05) is 30.3 Å². The van der Waals surface area contributed by atoms with Crippen molar-refractivity contribution in [2.75, 3.05) is 18.5 Å². The summed E-state index contributed by atoms with van der Waals surface area (Å²) in [5.74, 6) is -1.22. The minimum Gasteiger partial charge on any atom is -0.484 e. The molecule has 0 atom stereocenters. The largest absolute Gasteiger partial charge is 0.484 e. The van der Waals surface area contributed by atoms with Crippen LogP contribution in [0, 0.1) is 0 Å². The lowest BCUT2D eigenvalue weighted by atomic mass is 10.2. The topological polar surface area (TPSA) is 119 Å². The SMILES string of the molecule is NC(=O)CN1C(=O)S/C(=C\c2cccc(OCC(=O)Nc3ccccc3)c2)C1=O. The zero-order chi connectivity index (χ0) is 20.8. The Bertz CT molecular complexity index is 991. The number of benzene rings is 2. The van der Waals surface area contributed by atoms with E-state index in [0.717, 1.165) is 16.7 Å². The zero-order valence-corrected chi connectivity index (χ0v) is 16.0. The van der Waals surface area contributed by atoms with Crippen molar-refractivity contribution >= 4 is 46.5 Å². The second-order valence-corrected chi connectivity index (χ2v) is 7.00. The van der Waals surface area contributed by atoms with Crippen molar-refractivity contribution in [3.8, 4) is 5.75 Å². The Morgan fingerprint density at radius 1 is 1.10 bits per heavy atom. The molecule has 2 aromatic rings. The lowest BCUT2D eigenvalue weighted by Crippen LogP contribution is -2.36. The molecule has 1 aliphatic heterocycles. The van der Waals surface area contributed by atoms with Crippen LogP contribution in [0.3, 0.4) is 0 Å². The standard InChI is InChI=1S/C20H17N3O5S/c21-17(24)11-23-19(26)16(29-20(23)27)10-13-5-4-8-15(9-13)28-12-18(25)22-14-6-2-1-3-7-14/h1-10H,11-12H2,(H2,21,24)(H,22,25)/b16-10-. The summed E-state index contributed by atoms with van der Waals surface area (Å²) >= 11 is 0.730. The molecule has 1 fully saturated rings. The lowest BCUT2D eigenvalue weighted by molar-refractivity contribution is -0.127. The van der Waals surface area contributed by atoms with E-state index in [0.29, 0.717) is 17.0 Å². The van der Waals surface area contributed by atoms with Gasteiger partial charge in [-0.25, -0.2) is 0 Å². The van der Waals surface area contributed by atoms with Crippen LogP contribution < -0.4 is 15.8 Å².